The third kappa shape index (κ3) is 4.11. The van der Waals surface area contributed by atoms with Gasteiger partial charge in [-0.3, -0.25) is 14.4 Å². The number of aliphatic hydroxyl groups is 1. The molecule has 4 aliphatic carbocycles. The number of rotatable bonds is 5. The maximum Gasteiger partial charge on any atom is 0.338 e. The van der Waals surface area contributed by atoms with E-state index in [0.29, 0.717) is 36.8 Å². The quantitative estimate of drug-likeness (QED) is 0.302. The molecule has 1 N–H and O–H groups in total. The Morgan fingerprint density at radius 1 is 1.05 bits per heavy atom. The Labute approximate surface area is 241 Å². The van der Waals surface area contributed by atoms with Gasteiger partial charge in [0.1, 0.15) is 17.3 Å². The molecule has 0 aliphatic heterocycles. The van der Waals surface area contributed by atoms with Crippen LogP contribution >= 0.6 is 0 Å². The molecule has 3 fully saturated rings. The highest BCUT2D eigenvalue weighted by atomic mass is 16.6. The Balaban J connectivity index is 1.81. The molecular weight excluding hydrogens is 524 g/mol. The van der Waals surface area contributed by atoms with Crippen molar-refractivity contribution >= 4 is 23.7 Å². The predicted octanol–water partition coefficient (Wildman–Crippen LogP) is 4.97. The molecule has 222 valence electrons. The summed E-state index contributed by atoms with van der Waals surface area (Å²) in [5.74, 6) is -3.07. The molecule has 1 spiro atoms. The average Bonchev–Trinajstić information content (AvgIpc) is 3.63. The Morgan fingerprint density at radius 3 is 2.29 bits per heavy atom. The Kier molecular flexibility index (Phi) is 7.04. The van der Waals surface area contributed by atoms with Crippen LogP contribution in [-0.2, 0) is 28.6 Å². The van der Waals surface area contributed by atoms with E-state index in [1.807, 2.05) is 34.6 Å². The molecule has 1 aromatic carbocycles. The van der Waals surface area contributed by atoms with Gasteiger partial charge in [-0.2, -0.15) is 0 Å². The SMILES string of the molecule is CC[C@]1(OC(C)=O)C(C)C[C@@H]2C[C@@]23C(=O)[C@H](OC(C)=O)C2=C(C)CC[C@@](O)([C@@H](OC(=O)c4ccccc4)[C@@H]31)C2(C)C. The van der Waals surface area contributed by atoms with Crippen LogP contribution < -0.4 is 0 Å². The van der Waals surface area contributed by atoms with Crippen molar-refractivity contribution < 1.29 is 38.5 Å². The molecule has 0 heterocycles. The number of carbonyl (C=O) groups is 4. The second-order valence-corrected chi connectivity index (χ2v) is 13.2. The lowest BCUT2D eigenvalue weighted by molar-refractivity contribution is -0.245. The van der Waals surface area contributed by atoms with Gasteiger partial charge in [-0.15, -0.1) is 0 Å². The van der Waals surface area contributed by atoms with Crippen molar-refractivity contribution in [3.05, 3.63) is 47.0 Å². The number of Topliss-reactive ketones (excluding diaryl/α,β-unsaturated/α-hetero) is 1. The van der Waals surface area contributed by atoms with Crippen molar-refractivity contribution in [2.24, 2.45) is 28.6 Å². The smallest absolute Gasteiger partial charge is 0.338 e. The number of esters is 3. The van der Waals surface area contributed by atoms with Gasteiger partial charge in [-0.25, -0.2) is 4.79 Å². The fraction of sp³-hybridized carbons (Fsp3) is 0.636. The molecule has 5 rings (SSSR count). The average molecular weight is 567 g/mol. The summed E-state index contributed by atoms with van der Waals surface area (Å²) in [6.07, 6.45) is -0.232. The van der Waals surface area contributed by atoms with E-state index < -0.39 is 58.1 Å². The molecule has 41 heavy (non-hydrogen) atoms. The summed E-state index contributed by atoms with van der Waals surface area (Å²) < 4.78 is 18.5. The fourth-order valence-corrected chi connectivity index (χ4v) is 8.94. The normalized spacial score (nSPS) is 38.9. The van der Waals surface area contributed by atoms with Crippen molar-refractivity contribution in [2.45, 2.75) is 104 Å². The maximum absolute atomic E-state index is 14.9. The summed E-state index contributed by atoms with van der Waals surface area (Å²) >= 11 is 0. The van der Waals surface area contributed by atoms with Crippen LogP contribution in [0.1, 0.15) is 90.9 Å². The highest BCUT2D eigenvalue weighted by Gasteiger charge is 2.80. The summed E-state index contributed by atoms with van der Waals surface area (Å²) in [5, 5.41) is 13.0. The predicted molar refractivity (Wildman–Crippen MR) is 149 cm³/mol. The lowest BCUT2D eigenvalue weighted by Crippen LogP contribution is -2.72. The first-order valence-electron chi connectivity index (χ1n) is 14.8. The summed E-state index contributed by atoms with van der Waals surface area (Å²) in [5.41, 5.74) is -3.32. The van der Waals surface area contributed by atoms with Crippen LogP contribution in [0.3, 0.4) is 0 Å². The summed E-state index contributed by atoms with van der Waals surface area (Å²) in [7, 11) is 0. The molecule has 0 saturated heterocycles. The minimum Gasteiger partial charge on any atom is -0.459 e. The van der Waals surface area contributed by atoms with Crippen molar-refractivity contribution in [1.29, 1.82) is 0 Å². The summed E-state index contributed by atoms with van der Waals surface area (Å²) in [6.45, 7) is 12.1. The van der Waals surface area contributed by atoms with E-state index in [1.54, 1.807) is 30.3 Å². The first-order valence-corrected chi connectivity index (χ1v) is 14.8. The van der Waals surface area contributed by atoms with Gasteiger partial charge in [-0.05, 0) is 68.6 Å². The van der Waals surface area contributed by atoms with Crippen molar-refractivity contribution in [3.8, 4) is 0 Å². The number of allylic oxidation sites excluding steroid dienone is 1. The molecule has 8 atom stereocenters. The summed E-state index contributed by atoms with van der Waals surface area (Å²) in [6, 6.07) is 8.57. The maximum atomic E-state index is 14.9. The van der Waals surface area contributed by atoms with Crippen LogP contribution in [0, 0.1) is 28.6 Å². The number of hydrogen-bond acceptors (Lipinski definition) is 8. The molecule has 8 nitrogen and oxygen atoms in total. The minimum atomic E-state index is -1.66. The number of carbonyl (C=O) groups excluding carboxylic acids is 4. The van der Waals surface area contributed by atoms with Gasteiger partial charge in [-0.1, -0.05) is 51.5 Å². The van der Waals surface area contributed by atoms with E-state index >= 15 is 0 Å². The van der Waals surface area contributed by atoms with Crippen LogP contribution in [0.25, 0.3) is 0 Å². The Bertz CT molecular complexity index is 1310. The van der Waals surface area contributed by atoms with Crippen molar-refractivity contribution in [3.63, 3.8) is 0 Å². The number of ether oxygens (including phenoxy) is 3. The van der Waals surface area contributed by atoms with E-state index in [2.05, 4.69) is 0 Å². The number of fused-ring (bicyclic) bond motifs is 2. The van der Waals surface area contributed by atoms with Crippen molar-refractivity contribution in [2.75, 3.05) is 0 Å². The van der Waals surface area contributed by atoms with Gasteiger partial charge in [0.2, 0.25) is 0 Å². The van der Waals surface area contributed by atoms with Gasteiger partial charge in [0.15, 0.2) is 11.9 Å². The molecule has 0 radical (unpaired) electrons. The third-order valence-corrected chi connectivity index (χ3v) is 10.9. The molecule has 2 bridgehead atoms. The first-order chi connectivity index (χ1) is 19.2. The zero-order valence-corrected chi connectivity index (χ0v) is 25.1. The zero-order valence-electron chi connectivity index (χ0n) is 25.1. The van der Waals surface area contributed by atoms with Gasteiger partial charge >= 0.3 is 17.9 Å². The number of benzene rings is 1. The van der Waals surface area contributed by atoms with Crippen LogP contribution in [0.15, 0.2) is 41.5 Å². The fourth-order valence-electron chi connectivity index (χ4n) is 8.94. The summed E-state index contributed by atoms with van der Waals surface area (Å²) in [4.78, 5) is 53.8. The zero-order chi connectivity index (χ0) is 30.1. The second-order valence-electron chi connectivity index (χ2n) is 13.2. The largest absolute Gasteiger partial charge is 0.459 e. The monoisotopic (exact) mass is 566 g/mol. The second kappa shape index (κ2) is 9.79. The van der Waals surface area contributed by atoms with E-state index in [-0.39, 0.29) is 24.0 Å². The van der Waals surface area contributed by atoms with Crippen LogP contribution in [-0.4, -0.2) is 52.2 Å². The van der Waals surface area contributed by atoms with Gasteiger partial charge in [0, 0.05) is 24.7 Å². The molecule has 1 unspecified atom stereocenters. The van der Waals surface area contributed by atoms with E-state index in [1.165, 1.54) is 13.8 Å². The van der Waals surface area contributed by atoms with E-state index in [0.717, 1.165) is 5.57 Å². The lowest BCUT2D eigenvalue weighted by Gasteiger charge is -2.61. The molecule has 8 heteroatoms. The Morgan fingerprint density at radius 2 is 1.71 bits per heavy atom. The van der Waals surface area contributed by atoms with E-state index in [9.17, 15) is 24.3 Å². The van der Waals surface area contributed by atoms with Gasteiger partial charge < -0.3 is 19.3 Å². The molecular formula is C33H42O8. The minimum absolute atomic E-state index is 0.0901. The van der Waals surface area contributed by atoms with Crippen LogP contribution in [0.2, 0.25) is 0 Å². The standard InChI is InChI=1S/C33H42O8/c1-8-32(41-21(5)35)19(3)16-23-17-31(23)26(32)28(40-29(37)22-12-10-9-11-13-22)33(38)15-14-18(2)24(30(33,6)7)25(27(31)36)39-20(4)34/h9-13,19,23,25-26,28,38H,8,14-17H2,1-7H3/t19?,23-,25-,26+,28+,31-,32+,33-/m1/s1. The Hall–Kier alpha value is -3.00. The molecule has 0 amide bonds. The molecule has 1 aromatic rings. The first kappa shape index (κ1) is 29.5. The van der Waals surface area contributed by atoms with Gasteiger partial charge in [0.25, 0.3) is 0 Å². The molecule has 4 aliphatic rings. The van der Waals surface area contributed by atoms with Crippen molar-refractivity contribution in [1.82, 2.24) is 0 Å². The van der Waals surface area contributed by atoms with Gasteiger partial charge in [0.05, 0.1) is 11.5 Å². The molecule has 3 saturated carbocycles. The van der Waals surface area contributed by atoms with E-state index in [4.69, 9.17) is 14.2 Å². The van der Waals surface area contributed by atoms with Crippen LogP contribution in [0.4, 0.5) is 0 Å². The highest BCUT2D eigenvalue weighted by Crippen LogP contribution is 2.74. The highest BCUT2D eigenvalue weighted by molar-refractivity contribution is 5.97. The lowest BCUT2D eigenvalue weighted by atomic mass is 9.48. The third-order valence-electron chi connectivity index (χ3n) is 10.9. The topological polar surface area (TPSA) is 116 Å². The number of hydrogen-bond donors (Lipinski definition) is 1. The number of ketones is 1. The van der Waals surface area contributed by atoms with Crippen LogP contribution in [0.5, 0.6) is 0 Å². The molecule has 0 aromatic heterocycles.